The van der Waals surface area contributed by atoms with Crippen LogP contribution < -0.4 is 10.6 Å². The molecule has 228 valence electrons. The molecule has 1 aromatic rings. The standard InChI is InChI=1S/C31H48N4O5S/c1-31(2,3)40-30(38)35-22-39-19-27(35)29(37)33-26(21-41-20-24-12-8-5-9-13-24)28(36)32-25-14-16-34(17-15-25)18-23-10-6-4-7-11-23/h4,6-7,10-11,24-27H,5,8-9,12-22H2,1-3H3,(H,32,36)(H,33,37). The summed E-state index contributed by atoms with van der Waals surface area (Å²) in [6.07, 6.45) is 7.49. The van der Waals surface area contributed by atoms with Crippen LogP contribution >= 0.6 is 11.8 Å². The molecule has 2 unspecified atom stereocenters. The zero-order chi connectivity index (χ0) is 29.2. The Kier molecular flexibility index (Phi) is 11.8. The number of nitrogens with one attached hydrogen (secondary N) is 2. The largest absolute Gasteiger partial charge is 0.444 e. The number of hydrogen-bond acceptors (Lipinski definition) is 7. The lowest BCUT2D eigenvalue weighted by Gasteiger charge is -2.33. The minimum atomic E-state index is -0.829. The highest BCUT2D eigenvalue weighted by Crippen LogP contribution is 2.27. The topological polar surface area (TPSA) is 100 Å². The molecule has 2 saturated heterocycles. The van der Waals surface area contributed by atoms with Gasteiger partial charge in [0, 0.05) is 31.4 Å². The summed E-state index contributed by atoms with van der Waals surface area (Å²) in [4.78, 5) is 43.3. The van der Waals surface area contributed by atoms with Gasteiger partial charge in [-0.15, -0.1) is 0 Å². The number of thioether (sulfide) groups is 1. The molecule has 3 aliphatic rings. The monoisotopic (exact) mass is 588 g/mol. The van der Waals surface area contributed by atoms with E-state index in [0.29, 0.717) is 11.7 Å². The predicted octanol–water partition coefficient (Wildman–Crippen LogP) is 4.16. The zero-order valence-corrected chi connectivity index (χ0v) is 25.8. The van der Waals surface area contributed by atoms with E-state index < -0.39 is 23.8 Å². The first-order valence-corrected chi connectivity index (χ1v) is 16.4. The molecule has 0 bridgehead atoms. The number of carbonyl (C=O) groups is 3. The first kappa shape index (κ1) is 31.6. The van der Waals surface area contributed by atoms with Crippen LogP contribution in [0.1, 0.15) is 71.3 Å². The summed E-state index contributed by atoms with van der Waals surface area (Å²) in [5, 5.41) is 6.19. The van der Waals surface area contributed by atoms with Crippen molar-refractivity contribution in [1.29, 1.82) is 0 Å². The molecule has 0 spiro atoms. The van der Waals surface area contributed by atoms with E-state index in [0.717, 1.165) is 38.2 Å². The molecule has 3 amide bonds. The fourth-order valence-corrected chi connectivity index (χ4v) is 6.97. The minimum absolute atomic E-state index is 0.0121. The van der Waals surface area contributed by atoms with Crippen LogP contribution in [0.15, 0.2) is 30.3 Å². The molecular formula is C31H48N4O5S. The highest BCUT2D eigenvalue weighted by Gasteiger charge is 2.39. The van der Waals surface area contributed by atoms with E-state index in [1.165, 1.54) is 42.6 Å². The molecular weight excluding hydrogens is 540 g/mol. The van der Waals surface area contributed by atoms with Gasteiger partial charge in [-0.3, -0.25) is 19.4 Å². The molecule has 2 N–H and O–H groups in total. The molecule has 10 heteroatoms. The molecule has 2 atom stereocenters. The van der Waals surface area contributed by atoms with Crippen LogP contribution in [0.25, 0.3) is 0 Å². The fraction of sp³-hybridized carbons (Fsp3) is 0.710. The Bertz CT molecular complexity index is 990. The third-order valence-corrected chi connectivity index (χ3v) is 9.27. The van der Waals surface area contributed by atoms with Gasteiger partial charge in [-0.2, -0.15) is 11.8 Å². The van der Waals surface area contributed by atoms with Gasteiger partial charge in [-0.05, 0) is 63.7 Å². The quantitative estimate of drug-likeness (QED) is 0.424. The molecule has 1 aliphatic carbocycles. The maximum absolute atomic E-state index is 13.5. The molecule has 41 heavy (non-hydrogen) atoms. The maximum Gasteiger partial charge on any atom is 0.412 e. The lowest BCUT2D eigenvalue weighted by Crippen LogP contribution is -2.57. The minimum Gasteiger partial charge on any atom is -0.444 e. The van der Waals surface area contributed by atoms with Crippen molar-refractivity contribution < 1.29 is 23.9 Å². The van der Waals surface area contributed by atoms with Crippen molar-refractivity contribution in [2.75, 3.05) is 37.9 Å². The van der Waals surface area contributed by atoms with Gasteiger partial charge in [0.15, 0.2) is 0 Å². The van der Waals surface area contributed by atoms with Gasteiger partial charge in [-0.25, -0.2) is 4.79 Å². The van der Waals surface area contributed by atoms with E-state index >= 15 is 0 Å². The van der Waals surface area contributed by atoms with Gasteiger partial charge >= 0.3 is 6.09 Å². The summed E-state index contributed by atoms with van der Waals surface area (Å²) in [5.41, 5.74) is 0.610. The average molecular weight is 589 g/mol. The summed E-state index contributed by atoms with van der Waals surface area (Å²) in [6.45, 7) is 8.16. The van der Waals surface area contributed by atoms with Gasteiger partial charge in [0.1, 0.15) is 24.4 Å². The Morgan fingerprint density at radius 2 is 1.76 bits per heavy atom. The average Bonchev–Trinajstić information content (AvgIpc) is 3.44. The summed E-state index contributed by atoms with van der Waals surface area (Å²) >= 11 is 1.74. The lowest BCUT2D eigenvalue weighted by atomic mass is 9.91. The van der Waals surface area contributed by atoms with Crippen molar-refractivity contribution in [1.82, 2.24) is 20.4 Å². The molecule has 0 radical (unpaired) electrons. The second-order valence-electron chi connectivity index (χ2n) is 12.6. The zero-order valence-electron chi connectivity index (χ0n) is 24.9. The van der Waals surface area contributed by atoms with Crippen molar-refractivity contribution in [2.45, 2.75) is 96.0 Å². The van der Waals surface area contributed by atoms with E-state index in [2.05, 4.69) is 39.8 Å². The summed E-state index contributed by atoms with van der Waals surface area (Å²) in [6, 6.07) is 9.01. The maximum atomic E-state index is 13.5. The van der Waals surface area contributed by atoms with Gasteiger partial charge < -0.3 is 20.1 Å². The van der Waals surface area contributed by atoms with Gasteiger partial charge in [0.05, 0.1) is 6.61 Å². The van der Waals surface area contributed by atoms with E-state index in [9.17, 15) is 14.4 Å². The van der Waals surface area contributed by atoms with Crippen molar-refractivity contribution in [3.05, 3.63) is 35.9 Å². The van der Waals surface area contributed by atoms with Crippen LogP contribution in [0.5, 0.6) is 0 Å². The van der Waals surface area contributed by atoms with Crippen LogP contribution in [0.4, 0.5) is 4.79 Å². The normalized spacial score (nSPS) is 21.8. The first-order valence-electron chi connectivity index (χ1n) is 15.2. The van der Waals surface area contributed by atoms with E-state index in [1.54, 1.807) is 32.5 Å². The highest BCUT2D eigenvalue weighted by molar-refractivity contribution is 7.99. The number of benzene rings is 1. The third-order valence-electron chi connectivity index (χ3n) is 7.99. The van der Waals surface area contributed by atoms with Crippen molar-refractivity contribution in [3.8, 4) is 0 Å². The molecule has 1 aromatic carbocycles. The van der Waals surface area contributed by atoms with Crippen LogP contribution in [0, 0.1) is 5.92 Å². The predicted molar refractivity (Wildman–Crippen MR) is 161 cm³/mol. The second-order valence-corrected chi connectivity index (χ2v) is 13.7. The summed E-state index contributed by atoms with van der Waals surface area (Å²) in [7, 11) is 0. The Labute approximate surface area is 249 Å². The number of piperidine rings is 1. The second kappa shape index (κ2) is 15.3. The summed E-state index contributed by atoms with van der Waals surface area (Å²) in [5.74, 6) is 1.63. The Hall–Kier alpha value is -2.30. The van der Waals surface area contributed by atoms with Gasteiger partial charge in [0.2, 0.25) is 11.8 Å². The lowest BCUT2D eigenvalue weighted by molar-refractivity contribution is -0.131. The fourth-order valence-electron chi connectivity index (χ4n) is 5.70. The Morgan fingerprint density at radius 1 is 1.05 bits per heavy atom. The van der Waals surface area contributed by atoms with Crippen LogP contribution in [0.3, 0.4) is 0 Å². The molecule has 1 saturated carbocycles. The Morgan fingerprint density at radius 3 is 2.44 bits per heavy atom. The third kappa shape index (κ3) is 10.2. The van der Waals surface area contributed by atoms with Crippen LogP contribution in [-0.4, -0.2) is 89.4 Å². The van der Waals surface area contributed by atoms with E-state index in [4.69, 9.17) is 9.47 Å². The molecule has 4 rings (SSSR count). The SMILES string of the molecule is CC(C)(C)OC(=O)N1COCC1C(=O)NC(CSCC1CCCCC1)C(=O)NC1CCN(Cc2ccccc2)CC1. The first-order chi connectivity index (χ1) is 19.7. The van der Waals surface area contributed by atoms with Crippen LogP contribution in [0.2, 0.25) is 0 Å². The van der Waals surface area contributed by atoms with Crippen molar-refractivity contribution >= 4 is 29.7 Å². The number of ether oxygens (including phenoxy) is 2. The molecule has 2 aliphatic heterocycles. The number of carbonyl (C=O) groups excluding carboxylic acids is 3. The highest BCUT2D eigenvalue weighted by atomic mass is 32.2. The Balaban J connectivity index is 1.32. The number of amides is 3. The molecule has 2 heterocycles. The van der Waals surface area contributed by atoms with Crippen molar-refractivity contribution in [2.24, 2.45) is 5.92 Å². The number of rotatable bonds is 10. The van der Waals surface area contributed by atoms with Gasteiger partial charge in [-0.1, -0.05) is 49.6 Å². The molecule has 9 nitrogen and oxygen atoms in total. The number of likely N-dealkylation sites (tertiary alicyclic amines) is 1. The molecule has 0 aromatic heterocycles. The van der Waals surface area contributed by atoms with Gasteiger partial charge in [0.25, 0.3) is 0 Å². The van der Waals surface area contributed by atoms with E-state index in [-0.39, 0.29) is 31.2 Å². The number of hydrogen-bond donors (Lipinski definition) is 2. The van der Waals surface area contributed by atoms with E-state index in [1.807, 2.05) is 6.07 Å². The smallest absolute Gasteiger partial charge is 0.412 e. The van der Waals surface area contributed by atoms with Crippen molar-refractivity contribution in [3.63, 3.8) is 0 Å². The van der Waals surface area contributed by atoms with Crippen LogP contribution in [-0.2, 0) is 25.6 Å². The summed E-state index contributed by atoms with van der Waals surface area (Å²) < 4.78 is 10.9. The number of nitrogens with zero attached hydrogens (tertiary/aromatic N) is 2. The molecule has 3 fully saturated rings.